The van der Waals surface area contributed by atoms with E-state index in [1.165, 1.54) is 20.0 Å². The predicted molar refractivity (Wildman–Crippen MR) is 75.0 cm³/mol. The van der Waals surface area contributed by atoms with Gasteiger partial charge in [-0.25, -0.2) is 4.79 Å². The van der Waals surface area contributed by atoms with Crippen molar-refractivity contribution in [2.45, 2.75) is 32.4 Å². The number of hydrogen-bond donors (Lipinski definition) is 1. The van der Waals surface area contributed by atoms with E-state index in [4.69, 9.17) is 9.47 Å². The molecule has 1 aliphatic rings. The molecule has 0 heterocycles. The van der Waals surface area contributed by atoms with Gasteiger partial charge < -0.3 is 19.5 Å². The van der Waals surface area contributed by atoms with Crippen LogP contribution in [0, 0.1) is 0 Å². The van der Waals surface area contributed by atoms with Gasteiger partial charge in [-0.05, 0) is 25.8 Å². The molecule has 1 saturated carbocycles. The van der Waals surface area contributed by atoms with Crippen molar-refractivity contribution in [3.8, 4) is 11.5 Å². The molecule has 1 aromatic rings. The Hall–Kier alpha value is -1.75. The highest BCUT2D eigenvalue weighted by Gasteiger charge is 2.21. The van der Waals surface area contributed by atoms with Crippen LogP contribution >= 0.6 is 0 Å². The van der Waals surface area contributed by atoms with Gasteiger partial charge in [-0.15, -0.1) is 0 Å². The number of para-hydroxylation sites is 1. The first-order valence-corrected chi connectivity index (χ1v) is 6.92. The summed E-state index contributed by atoms with van der Waals surface area (Å²) >= 11 is 0. The maximum Gasteiger partial charge on any atom is 0.343 e. The van der Waals surface area contributed by atoms with E-state index in [2.05, 4.69) is 10.1 Å². The molecule has 0 saturated heterocycles. The van der Waals surface area contributed by atoms with Gasteiger partial charge >= 0.3 is 5.97 Å². The number of ether oxygens (including phenoxy) is 3. The van der Waals surface area contributed by atoms with Crippen molar-refractivity contribution < 1.29 is 19.0 Å². The number of esters is 1. The second kappa shape index (κ2) is 7.14. The summed E-state index contributed by atoms with van der Waals surface area (Å²) in [5, 5.41) is 3.43. The maximum atomic E-state index is 11.2. The van der Waals surface area contributed by atoms with Gasteiger partial charge in [0.15, 0.2) is 18.1 Å². The van der Waals surface area contributed by atoms with Crippen LogP contribution in [0.25, 0.3) is 0 Å². The molecule has 1 N–H and O–H groups in total. The first-order chi connectivity index (χ1) is 9.74. The molecular formula is C15H21NO4. The SMILES string of the molecule is CCOc1cccc(CNC2CC2)c1OCC(=O)OC. The predicted octanol–water partition coefficient (Wildman–Crippen LogP) is 1.89. The Kier molecular flexibility index (Phi) is 5.24. The third-order valence-corrected chi connectivity index (χ3v) is 3.08. The fraction of sp³-hybridized carbons (Fsp3) is 0.533. The number of nitrogens with one attached hydrogen (secondary N) is 1. The van der Waals surface area contributed by atoms with Crippen molar-refractivity contribution in [3.05, 3.63) is 23.8 Å². The summed E-state index contributed by atoms with van der Waals surface area (Å²) < 4.78 is 15.7. The van der Waals surface area contributed by atoms with E-state index in [9.17, 15) is 4.79 Å². The molecule has 0 radical (unpaired) electrons. The van der Waals surface area contributed by atoms with Crippen LogP contribution < -0.4 is 14.8 Å². The van der Waals surface area contributed by atoms with Crippen molar-refractivity contribution in [2.24, 2.45) is 0 Å². The summed E-state index contributed by atoms with van der Waals surface area (Å²) in [6.07, 6.45) is 2.45. The zero-order chi connectivity index (χ0) is 14.4. The monoisotopic (exact) mass is 279 g/mol. The number of rotatable bonds is 8. The van der Waals surface area contributed by atoms with Crippen LogP contribution in [0.2, 0.25) is 0 Å². The molecule has 0 spiro atoms. The summed E-state index contributed by atoms with van der Waals surface area (Å²) in [6, 6.07) is 6.36. The highest BCUT2D eigenvalue weighted by Crippen LogP contribution is 2.32. The van der Waals surface area contributed by atoms with Gasteiger partial charge in [-0.1, -0.05) is 12.1 Å². The topological polar surface area (TPSA) is 56.8 Å². The van der Waals surface area contributed by atoms with Gasteiger partial charge in [0.25, 0.3) is 0 Å². The average molecular weight is 279 g/mol. The highest BCUT2D eigenvalue weighted by molar-refractivity contribution is 5.71. The average Bonchev–Trinajstić information content (AvgIpc) is 3.28. The van der Waals surface area contributed by atoms with Crippen LogP contribution in [-0.2, 0) is 16.1 Å². The summed E-state index contributed by atoms with van der Waals surface area (Å²) in [5.41, 5.74) is 0.992. The molecule has 110 valence electrons. The Morgan fingerprint density at radius 1 is 1.35 bits per heavy atom. The van der Waals surface area contributed by atoms with Gasteiger partial charge in [-0.2, -0.15) is 0 Å². The lowest BCUT2D eigenvalue weighted by atomic mass is 10.2. The Balaban J connectivity index is 2.09. The van der Waals surface area contributed by atoms with E-state index >= 15 is 0 Å². The van der Waals surface area contributed by atoms with Crippen molar-refractivity contribution >= 4 is 5.97 Å². The molecule has 0 aliphatic heterocycles. The van der Waals surface area contributed by atoms with E-state index < -0.39 is 5.97 Å². The number of carbonyl (C=O) groups is 1. The zero-order valence-corrected chi connectivity index (χ0v) is 12.0. The fourth-order valence-electron chi connectivity index (χ4n) is 1.87. The Labute approximate surface area is 119 Å². The van der Waals surface area contributed by atoms with Crippen LogP contribution in [0.4, 0.5) is 0 Å². The van der Waals surface area contributed by atoms with Crippen LogP contribution in [0.15, 0.2) is 18.2 Å². The van der Waals surface area contributed by atoms with Gasteiger partial charge in [-0.3, -0.25) is 0 Å². The minimum absolute atomic E-state index is 0.114. The van der Waals surface area contributed by atoms with Crippen LogP contribution in [-0.4, -0.2) is 32.3 Å². The van der Waals surface area contributed by atoms with Crippen molar-refractivity contribution in [1.29, 1.82) is 0 Å². The van der Waals surface area contributed by atoms with Gasteiger partial charge in [0.05, 0.1) is 13.7 Å². The third kappa shape index (κ3) is 4.13. The summed E-state index contributed by atoms with van der Waals surface area (Å²) in [7, 11) is 1.34. The molecule has 1 fully saturated rings. The Morgan fingerprint density at radius 3 is 2.80 bits per heavy atom. The van der Waals surface area contributed by atoms with Gasteiger partial charge in [0, 0.05) is 18.2 Å². The molecule has 0 unspecified atom stereocenters. The summed E-state index contributed by atoms with van der Waals surface area (Å²) in [4.78, 5) is 11.2. The first kappa shape index (κ1) is 14.7. The summed E-state index contributed by atoms with van der Waals surface area (Å²) in [5.74, 6) is 0.872. The van der Waals surface area contributed by atoms with Crippen LogP contribution in [0.3, 0.4) is 0 Å². The van der Waals surface area contributed by atoms with Crippen molar-refractivity contribution in [2.75, 3.05) is 20.3 Å². The van der Waals surface area contributed by atoms with Crippen LogP contribution in [0.1, 0.15) is 25.3 Å². The van der Waals surface area contributed by atoms with E-state index in [1.807, 2.05) is 25.1 Å². The number of methoxy groups -OCH3 is 1. The lowest BCUT2D eigenvalue weighted by molar-refractivity contribution is -0.142. The molecule has 1 aliphatic carbocycles. The van der Waals surface area contributed by atoms with E-state index in [0.717, 1.165) is 5.56 Å². The molecular weight excluding hydrogens is 258 g/mol. The molecule has 5 heteroatoms. The molecule has 5 nitrogen and oxygen atoms in total. The van der Waals surface area contributed by atoms with Crippen molar-refractivity contribution in [1.82, 2.24) is 5.32 Å². The quantitative estimate of drug-likeness (QED) is 0.736. The molecule has 2 rings (SSSR count). The highest BCUT2D eigenvalue weighted by atomic mass is 16.6. The third-order valence-electron chi connectivity index (χ3n) is 3.08. The van der Waals surface area contributed by atoms with Crippen molar-refractivity contribution in [3.63, 3.8) is 0 Å². The van der Waals surface area contributed by atoms with Gasteiger partial charge in [0.1, 0.15) is 0 Å². The zero-order valence-electron chi connectivity index (χ0n) is 12.0. The maximum absolute atomic E-state index is 11.2. The van der Waals surface area contributed by atoms with E-state index in [-0.39, 0.29) is 6.61 Å². The lowest BCUT2D eigenvalue weighted by Gasteiger charge is -2.15. The number of carbonyl (C=O) groups excluding carboxylic acids is 1. The molecule has 0 atom stereocenters. The van der Waals surface area contributed by atoms with E-state index in [0.29, 0.717) is 30.7 Å². The number of benzene rings is 1. The Morgan fingerprint density at radius 2 is 2.15 bits per heavy atom. The lowest BCUT2D eigenvalue weighted by Crippen LogP contribution is -2.18. The fourth-order valence-corrected chi connectivity index (χ4v) is 1.87. The van der Waals surface area contributed by atoms with Crippen LogP contribution in [0.5, 0.6) is 11.5 Å². The largest absolute Gasteiger partial charge is 0.490 e. The Bertz CT molecular complexity index is 457. The molecule has 0 aromatic heterocycles. The standard InChI is InChI=1S/C15H21NO4/c1-3-19-13-6-4-5-11(9-16-12-7-8-12)15(13)20-10-14(17)18-2/h4-6,12,16H,3,7-10H2,1-2H3. The second-order valence-electron chi connectivity index (χ2n) is 4.70. The minimum Gasteiger partial charge on any atom is -0.490 e. The molecule has 1 aromatic carbocycles. The second-order valence-corrected chi connectivity index (χ2v) is 4.70. The molecule has 0 amide bonds. The van der Waals surface area contributed by atoms with Gasteiger partial charge in [0.2, 0.25) is 0 Å². The first-order valence-electron chi connectivity index (χ1n) is 6.92. The van der Waals surface area contributed by atoms with E-state index in [1.54, 1.807) is 0 Å². The summed E-state index contributed by atoms with van der Waals surface area (Å²) in [6.45, 7) is 3.06. The molecule has 20 heavy (non-hydrogen) atoms. The normalized spacial score (nSPS) is 13.9. The minimum atomic E-state index is -0.405. The molecule has 0 bridgehead atoms. The number of hydrogen-bond acceptors (Lipinski definition) is 5. The smallest absolute Gasteiger partial charge is 0.343 e.